The summed E-state index contributed by atoms with van der Waals surface area (Å²) < 4.78 is 36.8. The molecule has 4 nitrogen and oxygen atoms in total. The molecule has 18 heavy (non-hydrogen) atoms. The van der Waals surface area contributed by atoms with Gasteiger partial charge in [0.1, 0.15) is 5.69 Å². The predicted molar refractivity (Wildman–Crippen MR) is 55.3 cm³/mol. The van der Waals surface area contributed by atoms with E-state index >= 15 is 0 Å². The highest BCUT2D eigenvalue weighted by molar-refractivity contribution is 5.78. The third-order valence-corrected chi connectivity index (χ3v) is 2.68. The Morgan fingerprint density at radius 1 is 1.44 bits per heavy atom. The summed E-state index contributed by atoms with van der Waals surface area (Å²) in [5, 5.41) is 9.27. The van der Waals surface area contributed by atoms with E-state index in [4.69, 9.17) is 0 Å². The minimum Gasteiger partial charge on any atom is -0.391 e. The summed E-state index contributed by atoms with van der Waals surface area (Å²) in [6, 6.07) is 2.17. The molecule has 1 aliphatic heterocycles. The van der Waals surface area contributed by atoms with E-state index in [0.29, 0.717) is 5.56 Å². The molecule has 0 aromatic carbocycles. The van der Waals surface area contributed by atoms with Gasteiger partial charge < -0.3 is 10.0 Å². The third-order valence-electron chi connectivity index (χ3n) is 2.68. The van der Waals surface area contributed by atoms with Crippen molar-refractivity contribution in [3.63, 3.8) is 0 Å². The molecule has 0 aliphatic carbocycles. The van der Waals surface area contributed by atoms with E-state index < -0.39 is 18.0 Å². The van der Waals surface area contributed by atoms with E-state index in [-0.39, 0.29) is 25.4 Å². The smallest absolute Gasteiger partial charge is 0.391 e. The maximum atomic E-state index is 12.3. The Bertz CT molecular complexity index is 445. The molecule has 1 aromatic rings. The fourth-order valence-corrected chi connectivity index (χ4v) is 1.81. The first-order valence-electron chi connectivity index (χ1n) is 5.34. The van der Waals surface area contributed by atoms with Crippen LogP contribution in [0.2, 0.25) is 0 Å². The van der Waals surface area contributed by atoms with Gasteiger partial charge >= 0.3 is 6.18 Å². The van der Waals surface area contributed by atoms with Crippen molar-refractivity contribution in [2.24, 2.45) is 0 Å². The second-order valence-corrected chi connectivity index (χ2v) is 4.18. The number of β-amino-alcohol motifs (C(OH)–C–C–N with tert-alkyl or cyclic N) is 1. The van der Waals surface area contributed by atoms with Crippen LogP contribution in [0.3, 0.4) is 0 Å². The molecule has 1 amide bonds. The van der Waals surface area contributed by atoms with Crippen molar-refractivity contribution in [1.82, 2.24) is 9.88 Å². The first kappa shape index (κ1) is 12.8. The van der Waals surface area contributed by atoms with Gasteiger partial charge in [0, 0.05) is 19.3 Å². The minimum atomic E-state index is -4.46. The van der Waals surface area contributed by atoms with E-state index in [1.807, 2.05) is 0 Å². The summed E-state index contributed by atoms with van der Waals surface area (Å²) in [6.45, 7) is 0.376. The van der Waals surface area contributed by atoms with Crippen LogP contribution in [-0.2, 0) is 17.5 Å². The van der Waals surface area contributed by atoms with Gasteiger partial charge in [0.25, 0.3) is 0 Å². The SMILES string of the molecule is O=C1CC(O)CN1Cc1ccc(C(F)(F)F)nc1. The molecule has 0 spiro atoms. The number of hydrogen-bond acceptors (Lipinski definition) is 3. The van der Waals surface area contributed by atoms with E-state index in [0.717, 1.165) is 12.3 Å². The second kappa shape index (κ2) is 4.56. The zero-order valence-corrected chi connectivity index (χ0v) is 9.31. The molecule has 2 heterocycles. The van der Waals surface area contributed by atoms with Crippen molar-refractivity contribution in [1.29, 1.82) is 0 Å². The number of likely N-dealkylation sites (tertiary alicyclic amines) is 1. The molecular formula is C11H11F3N2O2. The molecule has 2 rings (SSSR count). The molecule has 1 N–H and O–H groups in total. The molecule has 1 saturated heterocycles. The van der Waals surface area contributed by atoms with Gasteiger partial charge in [-0.2, -0.15) is 13.2 Å². The molecule has 0 bridgehead atoms. The van der Waals surface area contributed by atoms with Crippen LogP contribution in [0, 0.1) is 0 Å². The molecule has 1 fully saturated rings. The van der Waals surface area contributed by atoms with E-state index in [1.54, 1.807) is 0 Å². The van der Waals surface area contributed by atoms with Crippen molar-refractivity contribution < 1.29 is 23.1 Å². The highest BCUT2D eigenvalue weighted by Crippen LogP contribution is 2.27. The lowest BCUT2D eigenvalue weighted by atomic mass is 10.2. The Balaban J connectivity index is 2.05. The number of hydrogen-bond donors (Lipinski definition) is 1. The standard InChI is InChI=1S/C11H11F3N2O2/c12-11(13,14)9-2-1-7(4-15-9)5-16-6-8(17)3-10(16)18/h1-2,4,8,17H,3,5-6H2. The van der Waals surface area contributed by atoms with Crippen LogP contribution in [-0.4, -0.2) is 33.5 Å². The van der Waals surface area contributed by atoms with Gasteiger partial charge in [-0.3, -0.25) is 9.78 Å². The van der Waals surface area contributed by atoms with Crippen LogP contribution in [0.15, 0.2) is 18.3 Å². The minimum absolute atomic E-state index is 0.0636. The predicted octanol–water partition coefficient (Wildman–Crippen LogP) is 1.19. The summed E-state index contributed by atoms with van der Waals surface area (Å²) in [5.41, 5.74) is -0.454. The molecule has 1 unspecified atom stereocenters. The average molecular weight is 260 g/mol. The molecule has 1 aromatic heterocycles. The van der Waals surface area contributed by atoms with Crippen LogP contribution in [0.4, 0.5) is 13.2 Å². The highest BCUT2D eigenvalue weighted by Gasteiger charge is 2.32. The van der Waals surface area contributed by atoms with Crippen molar-refractivity contribution >= 4 is 5.91 Å². The van der Waals surface area contributed by atoms with E-state index in [2.05, 4.69) is 4.98 Å². The van der Waals surface area contributed by atoms with Gasteiger partial charge in [-0.25, -0.2) is 0 Å². The zero-order chi connectivity index (χ0) is 13.3. The maximum Gasteiger partial charge on any atom is 0.433 e. The summed E-state index contributed by atoms with van der Waals surface area (Å²) in [6.07, 6.45) is -3.99. The average Bonchev–Trinajstić information content (AvgIpc) is 2.57. The van der Waals surface area contributed by atoms with Gasteiger partial charge in [0.15, 0.2) is 0 Å². The van der Waals surface area contributed by atoms with Crippen LogP contribution >= 0.6 is 0 Å². The lowest BCUT2D eigenvalue weighted by Crippen LogP contribution is -2.25. The number of pyridine rings is 1. The molecule has 7 heteroatoms. The van der Waals surface area contributed by atoms with Gasteiger partial charge in [-0.1, -0.05) is 6.07 Å². The maximum absolute atomic E-state index is 12.3. The topological polar surface area (TPSA) is 53.4 Å². The van der Waals surface area contributed by atoms with E-state index in [9.17, 15) is 23.1 Å². The third kappa shape index (κ3) is 2.79. The number of amides is 1. The zero-order valence-electron chi connectivity index (χ0n) is 9.31. The summed E-state index contributed by atoms with van der Waals surface area (Å²) >= 11 is 0. The van der Waals surface area contributed by atoms with Gasteiger partial charge in [-0.05, 0) is 11.6 Å². The summed E-state index contributed by atoms with van der Waals surface area (Å²) in [5.74, 6) is -0.206. The molecule has 1 atom stereocenters. The van der Waals surface area contributed by atoms with Crippen LogP contribution in [0.5, 0.6) is 0 Å². The Hall–Kier alpha value is -1.63. The van der Waals surface area contributed by atoms with E-state index in [1.165, 1.54) is 11.0 Å². The first-order valence-corrected chi connectivity index (χ1v) is 5.34. The summed E-state index contributed by atoms with van der Waals surface area (Å²) in [7, 11) is 0. The molecule has 98 valence electrons. The number of carbonyl (C=O) groups is 1. The van der Waals surface area contributed by atoms with Crippen molar-refractivity contribution in [3.8, 4) is 0 Å². The number of alkyl halides is 3. The number of carbonyl (C=O) groups excluding carboxylic acids is 1. The van der Waals surface area contributed by atoms with Crippen molar-refractivity contribution in [3.05, 3.63) is 29.6 Å². The quantitative estimate of drug-likeness (QED) is 0.869. The molecule has 1 aliphatic rings. The normalized spacial score (nSPS) is 20.6. The second-order valence-electron chi connectivity index (χ2n) is 4.18. The number of halogens is 3. The van der Waals surface area contributed by atoms with Gasteiger partial charge in [-0.15, -0.1) is 0 Å². The van der Waals surface area contributed by atoms with Crippen LogP contribution in [0.25, 0.3) is 0 Å². The number of aliphatic hydroxyl groups is 1. The number of aromatic nitrogens is 1. The van der Waals surface area contributed by atoms with Crippen molar-refractivity contribution in [2.75, 3.05) is 6.54 Å². The summed E-state index contributed by atoms with van der Waals surface area (Å²) in [4.78, 5) is 16.1. The number of nitrogens with zero attached hydrogens (tertiary/aromatic N) is 2. The Kier molecular flexibility index (Phi) is 3.25. The first-order chi connectivity index (χ1) is 8.36. The van der Waals surface area contributed by atoms with Gasteiger partial charge in [0.2, 0.25) is 5.91 Å². The Morgan fingerprint density at radius 3 is 2.61 bits per heavy atom. The molecule has 0 saturated carbocycles. The largest absolute Gasteiger partial charge is 0.433 e. The fourth-order valence-electron chi connectivity index (χ4n) is 1.81. The monoisotopic (exact) mass is 260 g/mol. The molecular weight excluding hydrogens is 249 g/mol. The van der Waals surface area contributed by atoms with Crippen LogP contribution in [0.1, 0.15) is 17.7 Å². The Labute approximate surface area is 101 Å². The molecule has 0 radical (unpaired) electrons. The number of aliphatic hydroxyl groups excluding tert-OH is 1. The van der Waals surface area contributed by atoms with Crippen LogP contribution < -0.4 is 0 Å². The Morgan fingerprint density at radius 2 is 2.17 bits per heavy atom. The number of rotatable bonds is 2. The lowest BCUT2D eigenvalue weighted by Gasteiger charge is -2.15. The fraction of sp³-hybridized carbons (Fsp3) is 0.455. The van der Waals surface area contributed by atoms with Gasteiger partial charge in [0.05, 0.1) is 12.5 Å². The lowest BCUT2D eigenvalue weighted by molar-refractivity contribution is -0.141. The highest BCUT2D eigenvalue weighted by atomic mass is 19.4. The van der Waals surface area contributed by atoms with Crippen molar-refractivity contribution in [2.45, 2.75) is 25.2 Å².